The van der Waals surface area contributed by atoms with Crippen LogP contribution in [0.4, 0.5) is 0 Å². The van der Waals surface area contributed by atoms with Crippen LogP contribution in [0.5, 0.6) is 0 Å². The van der Waals surface area contributed by atoms with Crippen molar-refractivity contribution in [3.8, 4) is 0 Å². The lowest BCUT2D eigenvalue weighted by Crippen LogP contribution is -2.23. The quantitative estimate of drug-likeness (QED) is 0.731. The zero-order valence-corrected chi connectivity index (χ0v) is 12.0. The summed E-state index contributed by atoms with van der Waals surface area (Å²) in [7, 11) is 0. The molecule has 0 saturated heterocycles. The van der Waals surface area contributed by atoms with Gasteiger partial charge in [-0.2, -0.15) is 11.8 Å². The average Bonchev–Trinajstić information content (AvgIpc) is 2.21. The maximum Gasteiger partial charge on any atom is 0.159 e. The number of hydrogen-bond donors (Lipinski definition) is 0. The number of thioether (sulfide) groups is 1. The molecule has 0 aromatic heterocycles. The molecule has 92 valence electrons. The predicted molar refractivity (Wildman–Crippen MR) is 72.9 cm³/mol. The van der Waals surface area contributed by atoms with Crippen LogP contribution in [0, 0.1) is 5.41 Å². The summed E-state index contributed by atoms with van der Waals surface area (Å²) in [5.74, 6) is 0.382. The van der Waals surface area contributed by atoms with E-state index in [0.717, 1.165) is 12.0 Å². The fourth-order valence-corrected chi connectivity index (χ4v) is 2.62. The molecule has 0 aliphatic heterocycles. The molecule has 0 heterocycles. The van der Waals surface area contributed by atoms with Gasteiger partial charge in [-0.3, -0.25) is 4.79 Å². The minimum absolute atomic E-state index is 0.228. The summed E-state index contributed by atoms with van der Waals surface area (Å²) in [4.78, 5) is 12.2. The van der Waals surface area contributed by atoms with Crippen molar-refractivity contribution in [2.45, 2.75) is 58.6 Å². The van der Waals surface area contributed by atoms with Crippen LogP contribution in [0.1, 0.15) is 53.4 Å². The lowest BCUT2D eigenvalue weighted by Gasteiger charge is -2.33. The SMILES string of the molecule is CSC(C)CC(=O)C1=C(C)C(C)(C)CCC1. The molecule has 0 fully saturated rings. The second kappa shape index (κ2) is 5.39. The van der Waals surface area contributed by atoms with Crippen LogP contribution in [0.2, 0.25) is 0 Å². The third kappa shape index (κ3) is 3.13. The van der Waals surface area contributed by atoms with Crippen LogP contribution < -0.4 is 0 Å². The Balaban J connectivity index is 2.82. The van der Waals surface area contributed by atoms with E-state index in [4.69, 9.17) is 0 Å². The summed E-state index contributed by atoms with van der Waals surface area (Å²) < 4.78 is 0. The van der Waals surface area contributed by atoms with Crippen molar-refractivity contribution in [2.24, 2.45) is 5.41 Å². The van der Waals surface area contributed by atoms with Crippen LogP contribution in [0.25, 0.3) is 0 Å². The standard InChI is InChI=1S/C14H24OS/c1-10(16-5)9-13(15)12-7-6-8-14(3,4)11(12)2/h10H,6-9H2,1-5H3. The molecule has 1 unspecified atom stereocenters. The summed E-state index contributed by atoms with van der Waals surface area (Å²) in [5.41, 5.74) is 2.68. The molecule has 0 spiro atoms. The van der Waals surface area contributed by atoms with Gasteiger partial charge < -0.3 is 0 Å². The average molecular weight is 240 g/mol. The maximum atomic E-state index is 12.2. The molecule has 1 aliphatic carbocycles. The zero-order valence-electron chi connectivity index (χ0n) is 11.2. The first kappa shape index (κ1) is 13.8. The highest BCUT2D eigenvalue weighted by Crippen LogP contribution is 2.40. The summed E-state index contributed by atoms with van der Waals surface area (Å²) in [6.45, 7) is 8.79. The van der Waals surface area contributed by atoms with Crippen molar-refractivity contribution < 1.29 is 4.79 Å². The normalized spacial score (nSPS) is 22.1. The van der Waals surface area contributed by atoms with E-state index in [1.54, 1.807) is 11.8 Å². The van der Waals surface area contributed by atoms with Crippen molar-refractivity contribution in [1.82, 2.24) is 0 Å². The van der Waals surface area contributed by atoms with Gasteiger partial charge in [0.2, 0.25) is 0 Å². The van der Waals surface area contributed by atoms with Gasteiger partial charge in [0, 0.05) is 11.7 Å². The van der Waals surface area contributed by atoms with Gasteiger partial charge in [0.15, 0.2) is 5.78 Å². The minimum Gasteiger partial charge on any atom is -0.295 e. The van der Waals surface area contributed by atoms with Gasteiger partial charge in [-0.1, -0.05) is 26.3 Å². The van der Waals surface area contributed by atoms with Gasteiger partial charge in [0.1, 0.15) is 0 Å². The topological polar surface area (TPSA) is 17.1 Å². The molecule has 0 bridgehead atoms. The van der Waals surface area contributed by atoms with Crippen LogP contribution in [0.3, 0.4) is 0 Å². The van der Waals surface area contributed by atoms with Crippen molar-refractivity contribution in [3.63, 3.8) is 0 Å². The van der Waals surface area contributed by atoms with E-state index >= 15 is 0 Å². The number of carbonyl (C=O) groups excluding carboxylic acids is 1. The smallest absolute Gasteiger partial charge is 0.159 e. The molecule has 0 amide bonds. The fourth-order valence-electron chi connectivity index (χ4n) is 2.31. The molecule has 0 N–H and O–H groups in total. The third-order valence-electron chi connectivity index (χ3n) is 3.91. The summed E-state index contributed by atoms with van der Waals surface area (Å²) in [6.07, 6.45) is 6.15. The van der Waals surface area contributed by atoms with Gasteiger partial charge in [0.05, 0.1) is 0 Å². The molecule has 0 aromatic rings. The molecule has 1 atom stereocenters. The number of hydrogen-bond acceptors (Lipinski definition) is 2. The van der Waals surface area contributed by atoms with Crippen molar-refractivity contribution in [2.75, 3.05) is 6.26 Å². The number of rotatable bonds is 4. The van der Waals surface area contributed by atoms with Crippen molar-refractivity contribution in [3.05, 3.63) is 11.1 Å². The number of allylic oxidation sites excluding steroid dienone is 2. The predicted octanol–water partition coefficient (Wildman–Crippen LogP) is 4.22. The highest BCUT2D eigenvalue weighted by molar-refractivity contribution is 7.99. The van der Waals surface area contributed by atoms with Gasteiger partial charge in [-0.25, -0.2) is 0 Å². The first-order valence-corrected chi connectivity index (χ1v) is 7.43. The number of Topliss-reactive ketones (excluding diaryl/α,β-unsaturated/α-hetero) is 1. The highest BCUT2D eigenvalue weighted by Gasteiger charge is 2.29. The number of ketones is 1. The molecule has 0 aromatic carbocycles. The summed E-state index contributed by atoms with van der Waals surface area (Å²) in [5, 5.41) is 0.442. The Kier molecular flexibility index (Phi) is 4.66. The molecular weight excluding hydrogens is 216 g/mol. The van der Waals surface area contributed by atoms with Crippen molar-refractivity contribution >= 4 is 17.5 Å². The fraction of sp³-hybridized carbons (Fsp3) is 0.786. The first-order valence-electron chi connectivity index (χ1n) is 6.14. The molecule has 16 heavy (non-hydrogen) atoms. The van der Waals surface area contributed by atoms with E-state index in [1.807, 2.05) is 0 Å². The molecule has 0 saturated carbocycles. The molecular formula is C14H24OS. The Labute approximate surface area is 104 Å². The van der Waals surface area contributed by atoms with Gasteiger partial charge >= 0.3 is 0 Å². The lowest BCUT2D eigenvalue weighted by atomic mass is 9.72. The maximum absolute atomic E-state index is 12.2. The Hall–Kier alpha value is -0.240. The first-order chi connectivity index (χ1) is 7.38. The van der Waals surface area contributed by atoms with Crippen LogP contribution in [-0.4, -0.2) is 17.3 Å². The van der Waals surface area contributed by atoms with Gasteiger partial charge in [0.25, 0.3) is 0 Å². The Morgan fingerprint density at radius 3 is 2.69 bits per heavy atom. The van der Waals surface area contributed by atoms with E-state index in [1.165, 1.54) is 18.4 Å². The minimum atomic E-state index is 0.228. The Morgan fingerprint density at radius 1 is 1.50 bits per heavy atom. The van der Waals surface area contributed by atoms with Crippen LogP contribution in [-0.2, 0) is 4.79 Å². The number of carbonyl (C=O) groups is 1. The van der Waals surface area contributed by atoms with E-state index in [2.05, 4.69) is 34.0 Å². The van der Waals surface area contributed by atoms with E-state index in [9.17, 15) is 4.79 Å². The lowest BCUT2D eigenvalue weighted by molar-refractivity contribution is -0.115. The summed E-state index contributed by atoms with van der Waals surface area (Å²) in [6, 6.07) is 0. The molecule has 1 aliphatic rings. The molecule has 0 radical (unpaired) electrons. The van der Waals surface area contributed by atoms with Crippen LogP contribution >= 0.6 is 11.8 Å². The van der Waals surface area contributed by atoms with E-state index in [0.29, 0.717) is 17.5 Å². The van der Waals surface area contributed by atoms with Gasteiger partial charge in [-0.15, -0.1) is 0 Å². The monoisotopic (exact) mass is 240 g/mol. The Bertz CT molecular complexity index is 302. The third-order valence-corrected chi connectivity index (χ3v) is 4.88. The largest absolute Gasteiger partial charge is 0.295 e. The van der Waals surface area contributed by atoms with E-state index in [-0.39, 0.29) is 5.41 Å². The second-order valence-electron chi connectivity index (χ2n) is 5.51. The molecule has 2 heteroatoms. The van der Waals surface area contributed by atoms with Crippen molar-refractivity contribution in [1.29, 1.82) is 0 Å². The van der Waals surface area contributed by atoms with E-state index < -0.39 is 0 Å². The highest BCUT2D eigenvalue weighted by atomic mass is 32.2. The Morgan fingerprint density at radius 2 is 2.12 bits per heavy atom. The second-order valence-corrected chi connectivity index (χ2v) is 6.79. The summed E-state index contributed by atoms with van der Waals surface area (Å²) >= 11 is 1.77. The molecule has 1 rings (SSSR count). The zero-order chi connectivity index (χ0) is 12.3. The molecule has 1 nitrogen and oxygen atoms in total. The van der Waals surface area contributed by atoms with Crippen LogP contribution in [0.15, 0.2) is 11.1 Å². The van der Waals surface area contributed by atoms with Gasteiger partial charge in [-0.05, 0) is 43.4 Å².